The zero-order valence-electron chi connectivity index (χ0n) is 17.8. The first-order chi connectivity index (χ1) is 13.1. The van der Waals surface area contributed by atoms with Crippen LogP contribution in [-0.4, -0.2) is 11.8 Å². The van der Waals surface area contributed by atoms with E-state index in [1.54, 1.807) is 0 Å². The van der Waals surface area contributed by atoms with E-state index in [-0.39, 0.29) is 11.8 Å². The normalized spacial score (nSPS) is 11.0. The highest BCUT2D eigenvalue weighted by Gasteiger charge is 1.97. The Bertz CT molecular complexity index is 313. The van der Waals surface area contributed by atoms with Gasteiger partial charge in [-0.1, -0.05) is 109 Å². The summed E-state index contributed by atoms with van der Waals surface area (Å²) in [5, 5.41) is 0. The molecule has 0 rings (SSSR count). The van der Waals surface area contributed by atoms with E-state index >= 15 is 0 Å². The van der Waals surface area contributed by atoms with Crippen molar-refractivity contribution in [2.75, 3.05) is 0 Å². The van der Waals surface area contributed by atoms with Gasteiger partial charge in [-0.3, -0.25) is 9.59 Å². The second-order valence-corrected chi connectivity index (χ2v) is 8.15. The minimum absolute atomic E-state index is 0.163. The van der Waals surface area contributed by atoms with Crippen LogP contribution in [0.1, 0.15) is 135 Å². The molecule has 2 amide bonds. The molecule has 27 heavy (non-hydrogen) atoms. The largest absolute Gasteiger partial charge is 0.370 e. The van der Waals surface area contributed by atoms with Crippen molar-refractivity contribution >= 4 is 11.8 Å². The number of nitrogens with two attached hydrogens (primary N) is 2. The Morgan fingerprint density at radius 1 is 0.333 bits per heavy atom. The number of unbranched alkanes of at least 4 members (excludes halogenated alkanes) is 18. The summed E-state index contributed by atoms with van der Waals surface area (Å²) in [6.07, 6.45) is 25.7. The minimum Gasteiger partial charge on any atom is -0.370 e. The molecule has 0 aromatic heterocycles. The van der Waals surface area contributed by atoms with Gasteiger partial charge in [-0.15, -0.1) is 0 Å². The van der Waals surface area contributed by atoms with E-state index < -0.39 is 0 Å². The molecule has 0 aliphatic heterocycles. The molecule has 0 aromatic carbocycles. The van der Waals surface area contributed by atoms with Gasteiger partial charge in [0.25, 0.3) is 0 Å². The average molecular weight is 383 g/mol. The molecule has 0 fully saturated rings. The molecule has 0 bridgehead atoms. The van der Waals surface area contributed by atoms with E-state index in [2.05, 4.69) is 0 Å². The molecule has 0 aliphatic rings. The van der Waals surface area contributed by atoms with Crippen molar-refractivity contribution in [3.63, 3.8) is 0 Å². The van der Waals surface area contributed by atoms with Crippen LogP contribution < -0.4 is 11.5 Å². The van der Waals surface area contributed by atoms with E-state index in [1.807, 2.05) is 0 Å². The number of carbonyl (C=O) groups is 2. The zero-order valence-corrected chi connectivity index (χ0v) is 17.8. The van der Waals surface area contributed by atoms with E-state index in [9.17, 15) is 9.59 Å². The van der Waals surface area contributed by atoms with Gasteiger partial charge in [0.15, 0.2) is 0 Å². The van der Waals surface area contributed by atoms with Gasteiger partial charge >= 0.3 is 0 Å². The molecule has 0 saturated heterocycles. The topological polar surface area (TPSA) is 86.2 Å². The third kappa shape index (κ3) is 24.9. The maximum absolute atomic E-state index is 10.6. The predicted molar refractivity (Wildman–Crippen MR) is 115 cm³/mol. The summed E-state index contributed by atoms with van der Waals surface area (Å²) < 4.78 is 0. The van der Waals surface area contributed by atoms with Crippen molar-refractivity contribution in [1.82, 2.24) is 0 Å². The summed E-state index contributed by atoms with van der Waals surface area (Å²) in [4.78, 5) is 21.2. The second kappa shape index (κ2) is 21.2. The van der Waals surface area contributed by atoms with Crippen LogP contribution >= 0.6 is 0 Å². The van der Waals surface area contributed by atoms with Crippen LogP contribution in [0.3, 0.4) is 0 Å². The Morgan fingerprint density at radius 3 is 0.630 bits per heavy atom. The van der Waals surface area contributed by atoms with Crippen molar-refractivity contribution in [1.29, 1.82) is 0 Å². The Morgan fingerprint density at radius 2 is 0.481 bits per heavy atom. The molecule has 160 valence electrons. The molecule has 0 saturated carbocycles. The molecular formula is C23H46N2O2. The quantitative estimate of drug-likeness (QED) is 0.220. The molecule has 0 heterocycles. The third-order valence-electron chi connectivity index (χ3n) is 5.35. The van der Waals surface area contributed by atoms with Crippen LogP contribution in [0.15, 0.2) is 0 Å². The Balaban J connectivity index is 3.01. The van der Waals surface area contributed by atoms with Crippen molar-refractivity contribution in [2.24, 2.45) is 11.5 Å². The summed E-state index contributed by atoms with van der Waals surface area (Å²) >= 11 is 0. The van der Waals surface area contributed by atoms with Gasteiger partial charge < -0.3 is 11.5 Å². The first kappa shape index (κ1) is 25.9. The SMILES string of the molecule is NC(=O)CCCCCCCCCCCCCCCCCCCCCC(N)=O. The summed E-state index contributed by atoms with van der Waals surface area (Å²) in [7, 11) is 0. The van der Waals surface area contributed by atoms with Crippen molar-refractivity contribution < 1.29 is 9.59 Å². The standard InChI is InChI=1S/C23H46N2O2/c24-22(26)20-18-16-14-12-10-8-6-4-2-1-3-5-7-9-11-13-15-17-19-21-23(25)27/h1-21H2,(H2,24,26)(H2,25,27). The fourth-order valence-corrected chi connectivity index (χ4v) is 3.60. The number of hydrogen-bond donors (Lipinski definition) is 2. The van der Waals surface area contributed by atoms with E-state index in [4.69, 9.17) is 11.5 Å². The third-order valence-corrected chi connectivity index (χ3v) is 5.35. The lowest BCUT2D eigenvalue weighted by Crippen LogP contribution is -2.09. The fraction of sp³-hybridized carbons (Fsp3) is 0.913. The molecule has 0 spiro atoms. The molecular weight excluding hydrogens is 336 g/mol. The molecule has 4 nitrogen and oxygen atoms in total. The van der Waals surface area contributed by atoms with Gasteiger partial charge in [0, 0.05) is 12.8 Å². The van der Waals surface area contributed by atoms with Crippen molar-refractivity contribution in [3.05, 3.63) is 0 Å². The Labute approximate surface area is 168 Å². The van der Waals surface area contributed by atoms with Crippen molar-refractivity contribution in [2.45, 2.75) is 135 Å². The Kier molecular flexibility index (Phi) is 20.4. The van der Waals surface area contributed by atoms with Crippen LogP contribution in [0.5, 0.6) is 0 Å². The van der Waals surface area contributed by atoms with Gasteiger partial charge in [0.05, 0.1) is 0 Å². The van der Waals surface area contributed by atoms with Crippen LogP contribution in [0.2, 0.25) is 0 Å². The van der Waals surface area contributed by atoms with Gasteiger partial charge in [-0.2, -0.15) is 0 Å². The summed E-state index contributed by atoms with van der Waals surface area (Å²) in [5.74, 6) is -0.326. The minimum atomic E-state index is -0.163. The lowest BCUT2D eigenvalue weighted by atomic mass is 10.0. The maximum atomic E-state index is 10.6. The highest BCUT2D eigenvalue weighted by Crippen LogP contribution is 2.14. The molecule has 0 atom stereocenters. The lowest BCUT2D eigenvalue weighted by Gasteiger charge is -2.04. The average Bonchev–Trinajstić information content (AvgIpc) is 2.62. The summed E-state index contributed by atoms with van der Waals surface area (Å²) in [5.41, 5.74) is 10.3. The van der Waals surface area contributed by atoms with Gasteiger partial charge in [0.1, 0.15) is 0 Å². The van der Waals surface area contributed by atoms with E-state index in [1.165, 1.54) is 96.3 Å². The smallest absolute Gasteiger partial charge is 0.217 e. The van der Waals surface area contributed by atoms with Crippen LogP contribution in [-0.2, 0) is 9.59 Å². The number of primary amides is 2. The van der Waals surface area contributed by atoms with E-state index in [0.717, 1.165) is 25.7 Å². The number of amides is 2. The highest BCUT2D eigenvalue weighted by molar-refractivity contribution is 5.73. The second-order valence-electron chi connectivity index (χ2n) is 8.15. The van der Waals surface area contributed by atoms with Gasteiger partial charge in [-0.25, -0.2) is 0 Å². The fourth-order valence-electron chi connectivity index (χ4n) is 3.60. The zero-order chi connectivity index (χ0) is 20.0. The van der Waals surface area contributed by atoms with Crippen LogP contribution in [0.4, 0.5) is 0 Å². The maximum Gasteiger partial charge on any atom is 0.217 e. The van der Waals surface area contributed by atoms with Crippen molar-refractivity contribution in [3.8, 4) is 0 Å². The lowest BCUT2D eigenvalue weighted by molar-refractivity contribution is -0.119. The number of hydrogen-bond acceptors (Lipinski definition) is 2. The van der Waals surface area contributed by atoms with Gasteiger partial charge in [-0.05, 0) is 12.8 Å². The molecule has 0 aliphatic carbocycles. The predicted octanol–water partition coefficient (Wildman–Crippen LogP) is 6.15. The first-order valence-electron chi connectivity index (χ1n) is 11.7. The molecule has 4 N–H and O–H groups in total. The highest BCUT2D eigenvalue weighted by atomic mass is 16.1. The molecule has 0 unspecified atom stereocenters. The Hall–Kier alpha value is -1.06. The molecule has 0 aromatic rings. The monoisotopic (exact) mass is 382 g/mol. The van der Waals surface area contributed by atoms with Crippen LogP contribution in [0, 0.1) is 0 Å². The van der Waals surface area contributed by atoms with Crippen LogP contribution in [0.25, 0.3) is 0 Å². The molecule has 4 heteroatoms. The van der Waals surface area contributed by atoms with E-state index in [0.29, 0.717) is 12.8 Å². The molecule has 0 radical (unpaired) electrons. The van der Waals surface area contributed by atoms with Gasteiger partial charge in [0.2, 0.25) is 11.8 Å². The first-order valence-corrected chi connectivity index (χ1v) is 11.7. The number of rotatable bonds is 22. The summed E-state index contributed by atoms with van der Waals surface area (Å²) in [6.45, 7) is 0. The number of carbonyl (C=O) groups excluding carboxylic acids is 2. The summed E-state index contributed by atoms with van der Waals surface area (Å²) in [6, 6.07) is 0.